The summed E-state index contributed by atoms with van der Waals surface area (Å²) >= 11 is 0. The van der Waals surface area contributed by atoms with Crippen LogP contribution in [0.4, 0.5) is 0 Å². The largest absolute Gasteiger partial charge is 0.465 e. The maximum atomic E-state index is 11.1. The molecular weight excluding hydrogens is 220 g/mol. The Bertz CT molecular complexity index is 449. The van der Waals surface area contributed by atoms with Crippen LogP contribution in [0.5, 0.6) is 0 Å². The average molecular weight is 232 g/mol. The van der Waals surface area contributed by atoms with Gasteiger partial charge in [-0.25, -0.2) is 8.42 Å². The molecule has 0 radical (unpaired) electrons. The van der Waals surface area contributed by atoms with Gasteiger partial charge in [0, 0.05) is 12.5 Å². The molecule has 0 N–H and O–H groups in total. The van der Waals surface area contributed by atoms with Crippen molar-refractivity contribution in [1.82, 2.24) is 9.78 Å². The van der Waals surface area contributed by atoms with Crippen LogP contribution in [0.1, 0.15) is 6.92 Å². The van der Waals surface area contributed by atoms with Crippen molar-refractivity contribution < 1.29 is 17.9 Å². The number of hydrogen-bond acceptors (Lipinski definition) is 5. The predicted molar refractivity (Wildman–Crippen MR) is 52.0 cm³/mol. The van der Waals surface area contributed by atoms with Crippen LogP contribution in [-0.2, 0) is 25.9 Å². The molecule has 15 heavy (non-hydrogen) atoms. The number of rotatable bonds is 4. The van der Waals surface area contributed by atoms with E-state index in [0.29, 0.717) is 6.61 Å². The van der Waals surface area contributed by atoms with Crippen molar-refractivity contribution in [2.45, 2.75) is 18.4 Å². The first-order valence-corrected chi connectivity index (χ1v) is 6.20. The molecule has 6 nitrogen and oxygen atoms in total. The van der Waals surface area contributed by atoms with Gasteiger partial charge in [-0.3, -0.25) is 9.48 Å². The Morgan fingerprint density at radius 1 is 1.60 bits per heavy atom. The van der Waals surface area contributed by atoms with Crippen LogP contribution >= 0.6 is 0 Å². The van der Waals surface area contributed by atoms with Crippen molar-refractivity contribution in [3.05, 3.63) is 12.4 Å². The van der Waals surface area contributed by atoms with Gasteiger partial charge in [0.25, 0.3) is 0 Å². The number of esters is 1. The van der Waals surface area contributed by atoms with Gasteiger partial charge in [-0.2, -0.15) is 5.10 Å². The SMILES string of the molecule is CCOC(=O)Cn1cc(S(C)(=O)=O)cn1. The number of carbonyl (C=O) groups is 1. The van der Waals surface area contributed by atoms with Crippen LogP contribution in [0.3, 0.4) is 0 Å². The maximum absolute atomic E-state index is 11.1. The highest BCUT2D eigenvalue weighted by atomic mass is 32.2. The van der Waals surface area contributed by atoms with Crippen LogP contribution in [0, 0.1) is 0 Å². The van der Waals surface area contributed by atoms with E-state index in [9.17, 15) is 13.2 Å². The Balaban J connectivity index is 2.73. The van der Waals surface area contributed by atoms with E-state index in [2.05, 4.69) is 5.10 Å². The van der Waals surface area contributed by atoms with Gasteiger partial charge >= 0.3 is 5.97 Å². The lowest BCUT2D eigenvalue weighted by Crippen LogP contribution is -2.13. The van der Waals surface area contributed by atoms with Crippen LogP contribution in [0.25, 0.3) is 0 Å². The van der Waals surface area contributed by atoms with Crippen molar-refractivity contribution in [2.24, 2.45) is 0 Å². The number of hydrogen-bond donors (Lipinski definition) is 0. The Kier molecular flexibility index (Phi) is 3.46. The van der Waals surface area contributed by atoms with E-state index < -0.39 is 15.8 Å². The maximum Gasteiger partial charge on any atom is 0.327 e. The summed E-state index contributed by atoms with van der Waals surface area (Å²) in [6, 6.07) is 0. The van der Waals surface area contributed by atoms with E-state index in [0.717, 1.165) is 6.26 Å². The fourth-order valence-corrected chi connectivity index (χ4v) is 1.51. The topological polar surface area (TPSA) is 78.3 Å². The first-order chi connectivity index (χ1) is 6.93. The predicted octanol–water partition coefficient (Wildman–Crippen LogP) is -0.150. The lowest BCUT2D eigenvalue weighted by atomic mass is 10.6. The lowest BCUT2D eigenvalue weighted by molar-refractivity contribution is -0.144. The number of nitrogens with zero attached hydrogens (tertiary/aromatic N) is 2. The molecule has 0 aliphatic carbocycles. The highest BCUT2D eigenvalue weighted by Crippen LogP contribution is 2.06. The van der Waals surface area contributed by atoms with Crippen molar-refractivity contribution >= 4 is 15.8 Å². The van der Waals surface area contributed by atoms with Crippen molar-refractivity contribution in [3.8, 4) is 0 Å². The zero-order chi connectivity index (χ0) is 11.5. The molecule has 0 spiro atoms. The summed E-state index contributed by atoms with van der Waals surface area (Å²) in [5.41, 5.74) is 0. The third kappa shape index (κ3) is 3.35. The van der Waals surface area contributed by atoms with E-state index in [1.54, 1.807) is 6.92 Å². The first-order valence-electron chi connectivity index (χ1n) is 4.31. The van der Waals surface area contributed by atoms with Crippen LogP contribution in [0.15, 0.2) is 17.3 Å². The van der Waals surface area contributed by atoms with Gasteiger partial charge in [0.15, 0.2) is 9.84 Å². The number of carbonyl (C=O) groups excluding carboxylic acids is 1. The van der Waals surface area contributed by atoms with Crippen molar-refractivity contribution in [1.29, 1.82) is 0 Å². The standard InChI is InChI=1S/C8H12N2O4S/c1-3-14-8(11)6-10-5-7(4-9-10)15(2,12)13/h4-5H,3,6H2,1-2H3. The first kappa shape index (κ1) is 11.7. The lowest BCUT2D eigenvalue weighted by Gasteiger charge is -2.00. The minimum Gasteiger partial charge on any atom is -0.465 e. The summed E-state index contributed by atoms with van der Waals surface area (Å²) in [6.07, 6.45) is 3.58. The van der Waals surface area contributed by atoms with Gasteiger partial charge in [-0.15, -0.1) is 0 Å². The van der Waals surface area contributed by atoms with Crippen LogP contribution in [0.2, 0.25) is 0 Å². The normalized spacial score (nSPS) is 11.3. The third-order valence-electron chi connectivity index (χ3n) is 1.63. The van der Waals surface area contributed by atoms with Gasteiger partial charge in [0.05, 0.1) is 12.8 Å². The van der Waals surface area contributed by atoms with E-state index in [-0.39, 0.29) is 11.4 Å². The number of sulfone groups is 1. The Morgan fingerprint density at radius 2 is 2.27 bits per heavy atom. The highest BCUT2D eigenvalue weighted by Gasteiger charge is 2.11. The molecule has 1 aromatic heterocycles. The minimum absolute atomic E-state index is 0.0800. The fourth-order valence-electron chi connectivity index (χ4n) is 0.961. The summed E-state index contributed by atoms with van der Waals surface area (Å²) in [5.74, 6) is -0.444. The van der Waals surface area contributed by atoms with Gasteiger partial charge in [-0.05, 0) is 6.92 Å². The molecule has 1 heterocycles. The zero-order valence-electron chi connectivity index (χ0n) is 8.50. The summed E-state index contributed by atoms with van der Waals surface area (Å²) in [4.78, 5) is 11.1. The van der Waals surface area contributed by atoms with Crippen molar-refractivity contribution in [3.63, 3.8) is 0 Å². The Morgan fingerprint density at radius 3 is 2.73 bits per heavy atom. The Labute approximate surface area is 87.8 Å². The fraction of sp³-hybridized carbons (Fsp3) is 0.500. The molecule has 0 amide bonds. The molecule has 0 fully saturated rings. The summed E-state index contributed by atoms with van der Waals surface area (Å²) in [6.45, 7) is 1.91. The van der Waals surface area contributed by atoms with E-state index >= 15 is 0 Å². The molecule has 0 aromatic carbocycles. The van der Waals surface area contributed by atoms with Gasteiger partial charge in [0.1, 0.15) is 11.4 Å². The second kappa shape index (κ2) is 4.43. The van der Waals surface area contributed by atoms with E-state index in [4.69, 9.17) is 4.74 Å². The third-order valence-corrected chi connectivity index (χ3v) is 2.70. The molecule has 0 saturated heterocycles. The van der Waals surface area contributed by atoms with Crippen molar-refractivity contribution in [2.75, 3.05) is 12.9 Å². The van der Waals surface area contributed by atoms with Crippen LogP contribution in [-0.4, -0.2) is 37.0 Å². The quantitative estimate of drug-likeness (QED) is 0.674. The zero-order valence-corrected chi connectivity index (χ0v) is 9.32. The number of ether oxygens (including phenoxy) is 1. The summed E-state index contributed by atoms with van der Waals surface area (Å²) < 4.78 is 28.1. The molecule has 1 aromatic rings. The number of aromatic nitrogens is 2. The van der Waals surface area contributed by atoms with Gasteiger partial charge in [0.2, 0.25) is 0 Å². The molecular formula is C8H12N2O4S. The Hall–Kier alpha value is -1.37. The smallest absolute Gasteiger partial charge is 0.327 e. The monoisotopic (exact) mass is 232 g/mol. The molecule has 0 bridgehead atoms. The molecule has 0 aliphatic heterocycles. The second-order valence-corrected chi connectivity index (χ2v) is 4.97. The minimum atomic E-state index is -3.27. The summed E-state index contributed by atoms with van der Waals surface area (Å²) in [5, 5.41) is 3.74. The average Bonchev–Trinajstić information content (AvgIpc) is 2.52. The van der Waals surface area contributed by atoms with E-state index in [1.165, 1.54) is 17.1 Å². The summed E-state index contributed by atoms with van der Waals surface area (Å²) in [7, 11) is -3.27. The second-order valence-electron chi connectivity index (χ2n) is 2.95. The van der Waals surface area contributed by atoms with E-state index in [1.807, 2.05) is 0 Å². The molecule has 0 aliphatic rings. The molecule has 84 valence electrons. The van der Waals surface area contributed by atoms with Gasteiger partial charge in [-0.1, -0.05) is 0 Å². The van der Waals surface area contributed by atoms with Crippen LogP contribution < -0.4 is 0 Å². The molecule has 7 heteroatoms. The molecule has 1 rings (SSSR count). The molecule has 0 unspecified atom stereocenters. The highest BCUT2D eigenvalue weighted by molar-refractivity contribution is 7.90. The molecule has 0 atom stereocenters. The van der Waals surface area contributed by atoms with Gasteiger partial charge < -0.3 is 4.74 Å². The molecule has 0 saturated carbocycles.